The Kier molecular flexibility index (Phi) is 3.50. The van der Waals surface area contributed by atoms with E-state index in [0.717, 1.165) is 19.3 Å². The van der Waals surface area contributed by atoms with E-state index < -0.39 is 23.2 Å². The lowest BCUT2D eigenvalue weighted by Gasteiger charge is -2.20. The van der Waals surface area contributed by atoms with Crippen LogP contribution in [0.5, 0.6) is 0 Å². The zero-order chi connectivity index (χ0) is 12.4. The van der Waals surface area contributed by atoms with Gasteiger partial charge in [-0.3, -0.25) is 4.79 Å². The summed E-state index contributed by atoms with van der Waals surface area (Å²) < 4.78 is 39.1. The minimum atomic E-state index is -1.26. The number of hydrogen-bond donors (Lipinski definition) is 0. The molecule has 17 heavy (non-hydrogen) atoms. The molecule has 1 aliphatic carbocycles. The Morgan fingerprint density at radius 3 is 2.18 bits per heavy atom. The van der Waals surface area contributed by atoms with Crippen molar-refractivity contribution in [2.24, 2.45) is 5.92 Å². The van der Waals surface area contributed by atoms with Crippen LogP contribution in [0.1, 0.15) is 42.5 Å². The first-order chi connectivity index (χ1) is 8.09. The summed E-state index contributed by atoms with van der Waals surface area (Å²) in [5, 5.41) is 0. The Bertz CT molecular complexity index is 437. The van der Waals surface area contributed by atoms with Gasteiger partial charge in [-0.25, -0.2) is 13.2 Å². The largest absolute Gasteiger partial charge is 0.294 e. The van der Waals surface area contributed by atoms with Crippen LogP contribution in [0.3, 0.4) is 0 Å². The zero-order valence-electron chi connectivity index (χ0n) is 9.31. The Balaban J connectivity index is 2.26. The SMILES string of the molecule is O=C(c1cc(F)c(F)cc1F)C1CCCCC1. The first-order valence-electron chi connectivity index (χ1n) is 5.78. The van der Waals surface area contributed by atoms with Crippen LogP contribution >= 0.6 is 0 Å². The molecular formula is C13H13F3O. The second-order valence-corrected chi connectivity index (χ2v) is 4.45. The van der Waals surface area contributed by atoms with Gasteiger partial charge < -0.3 is 0 Å². The van der Waals surface area contributed by atoms with Crippen LogP contribution in [0.2, 0.25) is 0 Å². The molecule has 0 atom stereocenters. The highest BCUT2D eigenvalue weighted by molar-refractivity contribution is 5.98. The number of carbonyl (C=O) groups is 1. The molecule has 0 aliphatic heterocycles. The maximum atomic E-state index is 13.4. The van der Waals surface area contributed by atoms with Crippen LogP contribution in [0.15, 0.2) is 12.1 Å². The van der Waals surface area contributed by atoms with E-state index in [2.05, 4.69) is 0 Å². The van der Waals surface area contributed by atoms with E-state index in [1.54, 1.807) is 0 Å². The average molecular weight is 242 g/mol. The van der Waals surface area contributed by atoms with Gasteiger partial charge >= 0.3 is 0 Å². The Labute approximate surface area is 97.6 Å². The maximum absolute atomic E-state index is 13.4. The number of ketones is 1. The van der Waals surface area contributed by atoms with Gasteiger partial charge in [0, 0.05) is 12.0 Å². The van der Waals surface area contributed by atoms with Gasteiger partial charge in [-0.05, 0) is 18.9 Å². The third-order valence-electron chi connectivity index (χ3n) is 3.25. The summed E-state index contributed by atoms with van der Waals surface area (Å²) in [5.41, 5.74) is -0.323. The third-order valence-corrected chi connectivity index (χ3v) is 3.25. The lowest BCUT2D eigenvalue weighted by molar-refractivity contribution is 0.0884. The van der Waals surface area contributed by atoms with Crippen LogP contribution < -0.4 is 0 Å². The average Bonchev–Trinajstić information content (AvgIpc) is 2.34. The Morgan fingerprint density at radius 1 is 0.941 bits per heavy atom. The minimum Gasteiger partial charge on any atom is -0.294 e. The standard InChI is InChI=1S/C13H13F3O/c14-10-7-12(16)11(15)6-9(10)13(17)8-4-2-1-3-5-8/h6-8H,1-5H2. The molecule has 0 amide bonds. The number of Topliss-reactive ketones (excluding diaryl/α,β-unsaturated/α-hetero) is 1. The molecule has 0 bridgehead atoms. The summed E-state index contributed by atoms with van der Waals surface area (Å²) in [6.45, 7) is 0. The zero-order valence-corrected chi connectivity index (χ0v) is 9.31. The predicted molar refractivity (Wildman–Crippen MR) is 57.2 cm³/mol. The van der Waals surface area contributed by atoms with Gasteiger partial charge in [-0.2, -0.15) is 0 Å². The van der Waals surface area contributed by atoms with Gasteiger partial charge in [0.25, 0.3) is 0 Å². The molecule has 2 rings (SSSR count). The molecule has 1 aromatic rings. The van der Waals surface area contributed by atoms with E-state index in [4.69, 9.17) is 0 Å². The quantitative estimate of drug-likeness (QED) is 0.568. The van der Waals surface area contributed by atoms with Crippen molar-refractivity contribution in [1.29, 1.82) is 0 Å². The molecule has 0 unspecified atom stereocenters. The number of hydrogen-bond acceptors (Lipinski definition) is 1. The van der Waals surface area contributed by atoms with Gasteiger partial charge in [0.2, 0.25) is 0 Å². The van der Waals surface area contributed by atoms with Crippen molar-refractivity contribution in [3.05, 3.63) is 35.1 Å². The van der Waals surface area contributed by atoms with E-state index >= 15 is 0 Å². The second kappa shape index (κ2) is 4.90. The molecule has 0 saturated heterocycles. The lowest BCUT2D eigenvalue weighted by atomic mass is 9.84. The number of benzene rings is 1. The summed E-state index contributed by atoms with van der Waals surface area (Å²) in [4.78, 5) is 12.0. The van der Waals surface area contributed by atoms with Crippen molar-refractivity contribution in [2.45, 2.75) is 32.1 Å². The molecule has 1 nitrogen and oxygen atoms in total. The fraction of sp³-hybridized carbons (Fsp3) is 0.462. The molecule has 0 radical (unpaired) electrons. The fourth-order valence-electron chi connectivity index (χ4n) is 2.30. The van der Waals surface area contributed by atoms with Crippen LogP contribution in [0, 0.1) is 23.4 Å². The van der Waals surface area contributed by atoms with E-state index in [-0.39, 0.29) is 11.5 Å². The molecule has 1 aromatic carbocycles. The van der Waals surface area contributed by atoms with Crippen molar-refractivity contribution in [3.63, 3.8) is 0 Å². The van der Waals surface area contributed by atoms with Crippen molar-refractivity contribution < 1.29 is 18.0 Å². The van der Waals surface area contributed by atoms with Crippen LogP contribution in [0.25, 0.3) is 0 Å². The molecule has 0 spiro atoms. The summed E-state index contributed by atoms with van der Waals surface area (Å²) in [7, 11) is 0. The minimum absolute atomic E-state index is 0.247. The number of halogens is 3. The summed E-state index contributed by atoms with van der Waals surface area (Å²) in [5.74, 6) is -4.06. The molecule has 4 heteroatoms. The molecule has 0 heterocycles. The Hall–Kier alpha value is -1.32. The predicted octanol–water partition coefficient (Wildman–Crippen LogP) is 3.87. The monoisotopic (exact) mass is 242 g/mol. The molecule has 1 fully saturated rings. The normalized spacial score (nSPS) is 17.1. The van der Waals surface area contributed by atoms with Crippen molar-refractivity contribution in [1.82, 2.24) is 0 Å². The van der Waals surface area contributed by atoms with Crippen molar-refractivity contribution >= 4 is 5.78 Å². The molecular weight excluding hydrogens is 229 g/mol. The number of carbonyl (C=O) groups excluding carboxylic acids is 1. The highest BCUT2D eigenvalue weighted by Crippen LogP contribution is 2.28. The number of rotatable bonds is 2. The molecule has 1 saturated carbocycles. The van der Waals surface area contributed by atoms with Gasteiger partial charge in [0.15, 0.2) is 17.4 Å². The maximum Gasteiger partial charge on any atom is 0.168 e. The highest BCUT2D eigenvalue weighted by atomic mass is 19.2. The summed E-state index contributed by atoms with van der Waals surface area (Å²) in [6.07, 6.45) is 4.35. The highest BCUT2D eigenvalue weighted by Gasteiger charge is 2.25. The molecule has 0 aromatic heterocycles. The summed E-state index contributed by atoms with van der Waals surface area (Å²) in [6, 6.07) is 1.10. The Morgan fingerprint density at radius 2 is 1.53 bits per heavy atom. The van der Waals surface area contributed by atoms with Gasteiger partial charge in [0.05, 0.1) is 5.56 Å². The molecule has 92 valence electrons. The smallest absolute Gasteiger partial charge is 0.168 e. The van der Waals surface area contributed by atoms with Gasteiger partial charge in [-0.1, -0.05) is 19.3 Å². The van der Waals surface area contributed by atoms with Crippen molar-refractivity contribution in [2.75, 3.05) is 0 Å². The molecule has 1 aliphatic rings. The van der Waals surface area contributed by atoms with E-state index in [9.17, 15) is 18.0 Å². The van der Waals surface area contributed by atoms with Gasteiger partial charge in [0.1, 0.15) is 5.82 Å². The topological polar surface area (TPSA) is 17.1 Å². The van der Waals surface area contributed by atoms with E-state index in [1.807, 2.05) is 0 Å². The third kappa shape index (κ3) is 2.51. The van der Waals surface area contributed by atoms with Crippen LogP contribution in [-0.4, -0.2) is 5.78 Å². The van der Waals surface area contributed by atoms with Crippen LogP contribution in [0.4, 0.5) is 13.2 Å². The molecule has 0 N–H and O–H groups in total. The van der Waals surface area contributed by atoms with Crippen LogP contribution in [-0.2, 0) is 0 Å². The van der Waals surface area contributed by atoms with Crippen molar-refractivity contribution in [3.8, 4) is 0 Å². The lowest BCUT2D eigenvalue weighted by Crippen LogP contribution is -2.19. The van der Waals surface area contributed by atoms with E-state index in [0.29, 0.717) is 25.0 Å². The summed E-state index contributed by atoms with van der Waals surface area (Å²) >= 11 is 0. The second-order valence-electron chi connectivity index (χ2n) is 4.45. The first kappa shape index (κ1) is 12.1. The van der Waals surface area contributed by atoms with E-state index in [1.165, 1.54) is 0 Å². The fourth-order valence-corrected chi connectivity index (χ4v) is 2.30. The van der Waals surface area contributed by atoms with Gasteiger partial charge in [-0.15, -0.1) is 0 Å². The first-order valence-corrected chi connectivity index (χ1v) is 5.78.